The van der Waals surface area contributed by atoms with Crippen molar-refractivity contribution >= 4 is 17.2 Å². The molecule has 7 heteroatoms. The number of carbonyl (C=O) groups excluding carboxylic acids is 1. The first-order valence-electron chi connectivity index (χ1n) is 8.28. The summed E-state index contributed by atoms with van der Waals surface area (Å²) in [5.74, 6) is -1.91. The first-order chi connectivity index (χ1) is 12.4. The summed E-state index contributed by atoms with van der Waals surface area (Å²) >= 11 is 1.56. The monoisotopic (exact) mass is 375 g/mol. The van der Waals surface area contributed by atoms with Gasteiger partial charge in [-0.1, -0.05) is 6.07 Å². The summed E-state index contributed by atoms with van der Waals surface area (Å²) < 4.78 is 26.2. The highest BCUT2D eigenvalue weighted by atomic mass is 32.1. The van der Waals surface area contributed by atoms with Gasteiger partial charge in [0.2, 0.25) is 0 Å². The fourth-order valence-electron chi connectivity index (χ4n) is 2.62. The number of nitrogens with one attached hydrogen (secondary N) is 2. The highest BCUT2D eigenvalue weighted by Crippen LogP contribution is 2.22. The van der Waals surface area contributed by atoms with E-state index >= 15 is 0 Å². The Kier molecular flexibility index (Phi) is 5.46. The third-order valence-electron chi connectivity index (χ3n) is 4.07. The average molecular weight is 375 g/mol. The van der Waals surface area contributed by atoms with E-state index in [1.807, 2.05) is 19.2 Å². The van der Waals surface area contributed by atoms with Gasteiger partial charge in [-0.25, -0.2) is 13.8 Å². The second-order valence-corrected chi connectivity index (χ2v) is 7.28. The number of carbonyl (C=O) groups is 1. The molecule has 1 aromatic carbocycles. The minimum absolute atomic E-state index is 0.108. The second kappa shape index (κ2) is 7.78. The molecule has 2 aromatic heterocycles. The van der Waals surface area contributed by atoms with Crippen molar-refractivity contribution in [3.05, 3.63) is 63.7 Å². The largest absolute Gasteiger partial charge is 0.357 e. The van der Waals surface area contributed by atoms with Crippen molar-refractivity contribution in [2.75, 3.05) is 0 Å². The van der Waals surface area contributed by atoms with Gasteiger partial charge in [-0.2, -0.15) is 0 Å². The molecule has 2 N–H and O–H groups in total. The lowest BCUT2D eigenvalue weighted by Gasteiger charge is -2.13. The van der Waals surface area contributed by atoms with Crippen LogP contribution in [0.1, 0.15) is 34.4 Å². The van der Waals surface area contributed by atoms with Crippen LogP contribution in [-0.4, -0.2) is 21.9 Å². The molecule has 0 aliphatic heterocycles. The van der Waals surface area contributed by atoms with Gasteiger partial charge in [-0.3, -0.25) is 4.79 Å². The van der Waals surface area contributed by atoms with Gasteiger partial charge in [-0.15, -0.1) is 11.3 Å². The molecule has 0 saturated heterocycles. The number of hydrogen-bond donors (Lipinski definition) is 2. The molecular weight excluding hydrogens is 356 g/mol. The molecule has 2 heterocycles. The average Bonchev–Trinajstić information content (AvgIpc) is 3.25. The molecule has 1 unspecified atom stereocenters. The number of rotatable bonds is 6. The van der Waals surface area contributed by atoms with Gasteiger partial charge in [0.1, 0.15) is 5.69 Å². The number of aromatic nitrogens is 2. The number of hydrogen-bond acceptors (Lipinski definition) is 3. The fraction of sp³-hybridized carbons (Fsp3) is 0.263. The number of aryl methyl sites for hydroxylation is 2. The number of benzene rings is 1. The van der Waals surface area contributed by atoms with Crippen LogP contribution < -0.4 is 5.32 Å². The van der Waals surface area contributed by atoms with E-state index in [9.17, 15) is 13.6 Å². The third kappa shape index (κ3) is 4.35. The minimum atomic E-state index is -0.854. The van der Waals surface area contributed by atoms with E-state index in [1.165, 1.54) is 6.07 Å². The van der Waals surface area contributed by atoms with Gasteiger partial charge in [0.25, 0.3) is 5.91 Å². The lowest BCUT2D eigenvalue weighted by Crippen LogP contribution is -2.33. The van der Waals surface area contributed by atoms with E-state index in [1.54, 1.807) is 29.7 Å². The molecule has 0 saturated carbocycles. The number of aromatic amines is 1. The second-order valence-electron chi connectivity index (χ2n) is 6.22. The van der Waals surface area contributed by atoms with Gasteiger partial charge < -0.3 is 10.3 Å². The number of nitrogens with zero attached hydrogens (tertiary/aromatic N) is 1. The molecule has 0 aliphatic carbocycles. The highest BCUT2D eigenvalue weighted by Gasteiger charge is 2.14. The zero-order valence-corrected chi connectivity index (χ0v) is 15.3. The van der Waals surface area contributed by atoms with E-state index in [2.05, 4.69) is 15.3 Å². The van der Waals surface area contributed by atoms with Crippen molar-refractivity contribution in [2.24, 2.45) is 0 Å². The van der Waals surface area contributed by atoms with Crippen LogP contribution in [0.4, 0.5) is 8.78 Å². The SMILES string of the molecule is Cc1nc(-c2c[nH]c(C(=O)NC(C)CCc3ccc(F)c(F)c3)c2)cs1. The van der Waals surface area contributed by atoms with Crippen molar-refractivity contribution in [1.29, 1.82) is 0 Å². The first-order valence-corrected chi connectivity index (χ1v) is 9.16. The Morgan fingerprint density at radius 1 is 1.31 bits per heavy atom. The van der Waals surface area contributed by atoms with Gasteiger partial charge in [0.05, 0.1) is 10.7 Å². The van der Waals surface area contributed by atoms with Gasteiger partial charge in [-0.05, 0) is 50.5 Å². The molecular formula is C19H19F2N3OS. The van der Waals surface area contributed by atoms with Gasteiger partial charge >= 0.3 is 0 Å². The summed E-state index contributed by atoms with van der Waals surface area (Å²) in [6.45, 7) is 3.81. The van der Waals surface area contributed by atoms with Gasteiger partial charge in [0.15, 0.2) is 11.6 Å². The van der Waals surface area contributed by atoms with Crippen LogP contribution in [0, 0.1) is 18.6 Å². The Balaban J connectivity index is 1.55. The van der Waals surface area contributed by atoms with Crippen LogP contribution >= 0.6 is 11.3 Å². The van der Waals surface area contributed by atoms with Crippen molar-refractivity contribution in [3.63, 3.8) is 0 Å². The molecule has 0 aliphatic rings. The predicted molar refractivity (Wildman–Crippen MR) is 98.2 cm³/mol. The molecule has 26 heavy (non-hydrogen) atoms. The normalized spacial score (nSPS) is 12.2. The summed E-state index contributed by atoms with van der Waals surface area (Å²) in [5, 5.41) is 5.83. The standard InChI is InChI=1S/C19H19F2N3OS/c1-11(3-4-13-5-6-15(20)16(21)7-13)23-19(25)17-8-14(9-22-17)18-10-26-12(2)24-18/h5-11,22H,3-4H2,1-2H3,(H,23,25). The molecule has 136 valence electrons. The number of H-pyrrole nitrogens is 1. The predicted octanol–water partition coefficient (Wildman–Crippen LogP) is 4.48. The minimum Gasteiger partial charge on any atom is -0.357 e. The van der Waals surface area contributed by atoms with Crippen LogP contribution in [0.25, 0.3) is 11.3 Å². The topological polar surface area (TPSA) is 57.8 Å². The van der Waals surface area contributed by atoms with E-state index in [0.717, 1.165) is 22.3 Å². The molecule has 0 radical (unpaired) electrons. The van der Waals surface area contributed by atoms with E-state index < -0.39 is 11.6 Å². The van der Waals surface area contributed by atoms with E-state index in [-0.39, 0.29) is 11.9 Å². The van der Waals surface area contributed by atoms with E-state index in [0.29, 0.717) is 24.1 Å². The van der Waals surface area contributed by atoms with Crippen molar-refractivity contribution in [2.45, 2.75) is 32.7 Å². The molecule has 4 nitrogen and oxygen atoms in total. The van der Waals surface area contributed by atoms with Gasteiger partial charge in [0, 0.05) is 23.2 Å². The Bertz CT molecular complexity index is 919. The number of halogens is 2. The summed E-state index contributed by atoms with van der Waals surface area (Å²) in [7, 11) is 0. The zero-order chi connectivity index (χ0) is 18.7. The Morgan fingerprint density at radius 3 is 2.81 bits per heavy atom. The maximum atomic E-state index is 13.2. The fourth-order valence-corrected chi connectivity index (χ4v) is 3.24. The lowest BCUT2D eigenvalue weighted by atomic mass is 10.1. The van der Waals surface area contributed by atoms with Crippen molar-refractivity contribution in [1.82, 2.24) is 15.3 Å². The number of thiazole rings is 1. The first kappa shape index (κ1) is 18.3. The molecule has 0 bridgehead atoms. The summed E-state index contributed by atoms with van der Waals surface area (Å²) in [6.07, 6.45) is 2.93. The smallest absolute Gasteiger partial charge is 0.267 e. The molecule has 3 rings (SSSR count). The lowest BCUT2D eigenvalue weighted by molar-refractivity contribution is 0.0934. The third-order valence-corrected chi connectivity index (χ3v) is 4.84. The summed E-state index contributed by atoms with van der Waals surface area (Å²) in [4.78, 5) is 19.7. The summed E-state index contributed by atoms with van der Waals surface area (Å²) in [6, 6.07) is 5.53. The molecule has 1 amide bonds. The van der Waals surface area contributed by atoms with Crippen LogP contribution in [-0.2, 0) is 6.42 Å². The molecule has 0 fully saturated rings. The van der Waals surface area contributed by atoms with Crippen molar-refractivity contribution in [3.8, 4) is 11.3 Å². The maximum absolute atomic E-state index is 13.2. The Labute approximate surface area is 154 Å². The zero-order valence-electron chi connectivity index (χ0n) is 14.5. The van der Waals surface area contributed by atoms with Crippen LogP contribution in [0.3, 0.4) is 0 Å². The number of amides is 1. The van der Waals surface area contributed by atoms with Crippen LogP contribution in [0.2, 0.25) is 0 Å². The van der Waals surface area contributed by atoms with E-state index in [4.69, 9.17) is 0 Å². The summed E-state index contributed by atoms with van der Waals surface area (Å²) in [5.41, 5.74) is 2.87. The van der Waals surface area contributed by atoms with Crippen LogP contribution in [0.15, 0.2) is 35.8 Å². The van der Waals surface area contributed by atoms with Crippen LogP contribution in [0.5, 0.6) is 0 Å². The molecule has 1 atom stereocenters. The highest BCUT2D eigenvalue weighted by molar-refractivity contribution is 7.09. The molecule has 0 spiro atoms. The maximum Gasteiger partial charge on any atom is 0.267 e. The Morgan fingerprint density at radius 2 is 2.12 bits per heavy atom. The van der Waals surface area contributed by atoms with Crippen molar-refractivity contribution < 1.29 is 13.6 Å². The molecule has 3 aromatic rings. The Hall–Kier alpha value is -2.54. The quantitative estimate of drug-likeness (QED) is 0.668.